The van der Waals surface area contributed by atoms with Gasteiger partial charge in [0.15, 0.2) is 0 Å². The zero-order chi connectivity index (χ0) is 45.2. The number of hydrogen-bond donors (Lipinski definition) is 0. The van der Waals surface area contributed by atoms with Crippen LogP contribution in [0.25, 0.3) is 0 Å². The molecule has 0 saturated heterocycles. The van der Waals surface area contributed by atoms with E-state index in [1.165, 1.54) is 212 Å². The number of unbranched alkanes of at least 4 members (excludes halogenated alkanes) is 33. The van der Waals surface area contributed by atoms with Crippen molar-refractivity contribution in [1.29, 1.82) is 0 Å². The number of carbonyl (C=O) groups is 3. The van der Waals surface area contributed by atoms with E-state index in [1.807, 2.05) is 0 Å². The average molecular weight is 1000 g/mol. The molecule has 6 nitrogen and oxygen atoms in total. The van der Waals surface area contributed by atoms with Crippen molar-refractivity contribution in [2.75, 3.05) is 0 Å². The van der Waals surface area contributed by atoms with Crippen molar-refractivity contribution >= 4 is 17.9 Å². The molecule has 0 rings (SSSR count). The number of aliphatic carboxylic acids is 3. The molecule has 0 aromatic rings. The first-order valence-electron chi connectivity index (χ1n) is 26.5. The Bertz CT molecular complexity index is 751. The molecule has 61 heavy (non-hydrogen) atoms. The summed E-state index contributed by atoms with van der Waals surface area (Å²) in [7, 11) is 0. The molecule has 0 spiro atoms. The summed E-state index contributed by atoms with van der Waals surface area (Å²) in [5.41, 5.74) is 0. The van der Waals surface area contributed by atoms with E-state index in [2.05, 4.69) is 41.5 Å². The summed E-state index contributed by atoms with van der Waals surface area (Å²) in [4.78, 5) is 30.7. The van der Waals surface area contributed by atoms with Crippen LogP contribution in [0.2, 0.25) is 0 Å². The van der Waals surface area contributed by atoms with Gasteiger partial charge in [-0.1, -0.05) is 273 Å². The van der Waals surface area contributed by atoms with Crippen LogP contribution >= 0.6 is 0 Å². The topological polar surface area (TPSA) is 120 Å². The zero-order valence-corrected chi connectivity index (χ0v) is 44.4. The molecule has 0 fully saturated rings. The van der Waals surface area contributed by atoms with Crippen molar-refractivity contribution in [3.63, 3.8) is 0 Å². The largest absolute Gasteiger partial charge is 3.00 e. The zero-order valence-electron chi connectivity index (χ0n) is 41.8. The summed E-state index contributed by atoms with van der Waals surface area (Å²) in [6.07, 6.45) is 51.0. The minimum absolute atomic E-state index is 0. The fraction of sp³-hybridized carbons (Fsp3) is 0.944. The Morgan fingerprint density at radius 2 is 0.361 bits per heavy atom. The molecule has 0 heterocycles. The van der Waals surface area contributed by atoms with Crippen LogP contribution in [-0.4, -0.2) is 17.9 Å². The van der Waals surface area contributed by atoms with Crippen LogP contribution in [0.5, 0.6) is 0 Å². The van der Waals surface area contributed by atoms with Crippen molar-refractivity contribution in [2.45, 2.75) is 311 Å². The molecule has 0 aliphatic carbocycles. The summed E-state index contributed by atoms with van der Waals surface area (Å²) in [5, 5.41) is 30.7. The number of carboxylic acid groups (broad SMARTS) is 3. The van der Waals surface area contributed by atoms with E-state index in [4.69, 9.17) is 0 Å². The van der Waals surface area contributed by atoms with Gasteiger partial charge in [-0.2, -0.15) is 0 Å². The minimum atomic E-state index is -0.904. The molecule has 0 atom stereocenters. The first-order valence-corrected chi connectivity index (χ1v) is 26.5. The number of rotatable bonds is 45. The van der Waals surface area contributed by atoms with Gasteiger partial charge in [-0.15, -0.1) is 0 Å². The van der Waals surface area contributed by atoms with Gasteiger partial charge in [0, 0.05) is 17.9 Å². The Kier molecular flexibility index (Phi) is 63.8. The number of hydrogen-bond acceptors (Lipinski definition) is 6. The van der Waals surface area contributed by atoms with E-state index in [1.54, 1.807) is 0 Å². The molecule has 0 N–H and O–H groups in total. The molecule has 0 aliphatic heterocycles. The van der Waals surface area contributed by atoms with Crippen molar-refractivity contribution in [3.05, 3.63) is 0 Å². The van der Waals surface area contributed by atoms with Gasteiger partial charge in [0.2, 0.25) is 0 Å². The second kappa shape index (κ2) is 57.8. The SMILES string of the molecule is CC(C)CCCCCCCCCCCCCCC(=O)[O-].CC(C)CCCCCCCCCCCCCCC(=O)[O-].CC(C)CCCCCCCCCCCCCCC(=O)[O-].[Sm+3]. The van der Waals surface area contributed by atoms with Crippen LogP contribution < -0.4 is 15.3 Å². The monoisotopic (exact) mass is 1000 g/mol. The van der Waals surface area contributed by atoms with Gasteiger partial charge in [-0.05, 0) is 56.3 Å². The quantitative estimate of drug-likeness (QED) is 0.0560. The summed E-state index contributed by atoms with van der Waals surface area (Å²) >= 11 is 0. The summed E-state index contributed by atoms with van der Waals surface area (Å²) < 4.78 is 0. The van der Waals surface area contributed by atoms with Gasteiger partial charge >= 0.3 is 40.4 Å². The van der Waals surface area contributed by atoms with E-state index in [9.17, 15) is 29.7 Å². The fourth-order valence-electron chi connectivity index (χ4n) is 7.77. The molecule has 363 valence electrons. The van der Waals surface area contributed by atoms with E-state index in [0.29, 0.717) is 0 Å². The van der Waals surface area contributed by atoms with Crippen LogP contribution in [0, 0.1) is 58.1 Å². The Morgan fingerprint density at radius 3 is 0.475 bits per heavy atom. The van der Waals surface area contributed by atoms with Gasteiger partial charge in [-0.25, -0.2) is 0 Å². The van der Waals surface area contributed by atoms with Gasteiger partial charge in [0.05, 0.1) is 0 Å². The average Bonchev–Trinajstić information content (AvgIpc) is 3.18. The maximum absolute atomic E-state index is 10.2. The molecule has 1 radical (unpaired) electrons. The predicted octanol–water partition coefficient (Wildman–Crippen LogP) is 14.6. The van der Waals surface area contributed by atoms with Crippen LogP contribution in [0.15, 0.2) is 0 Å². The maximum Gasteiger partial charge on any atom is 3.00 e. The van der Waals surface area contributed by atoms with Gasteiger partial charge < -0.3 is 29.7 Å². The predicted molar refractivity (Wildman–Crippen MR) is 253 cm³/mol. The third-order valence-electron chi connectivity index (χ3n) is 11.7. The summed E-state index contributed by atoms with van der Waals surface area (Å²) in [5.74, 6) is -0.125. The Balaban J connectivity index is -0.000000396. The van der Waals surface area contributed by atoms with E-state index < -0.39 is 17.9 Å². The van der Waals surface area contributed by atoms with Crippen molar-refractivity contribution in [2.24, 2.45) is 17.8 Å². The molecule has 0 bridgehead atoms. The molecular formula is C54H105O6Sm. The summed E-state index contributed by atoms with van der Waals surface area (Å²) in [6.45, 7) is 13.8. The van der Waals surface area contributed by atoms with Crippen molar-refractivity contribution in [3.8, 4) is 0 Å². The molecule has 7 heteroatoms. The van der Waals surface area contributed by atoms with Crippen LogP contribution in [0.4, 0.5) is 0 Å². The second-order valence-corrected chi connectivity index (χ2v) is 19.6. The van der Waals surface area contributed by atoms with E-state index in [-0.39, 0.29) is 59.7 Å². The molecule has 0 aliphatic rings. The van der Waals surface area contributed by atoms with Gasteiger partial charge in [-0.3, -0.25) is 0 Å². The fourth-order valence-corrected chi connectivity index (χ4v) is 7.77. The summed E-state index contributed by atoms with van der Waals surface area (Å²) in [6, 6.07) is 0. The molecule has 0 aromatic heterocycles. The second-order valence-electron chi connectivity index (χ2n) is 19.6. The number of carboxylic acids is 3. The first-order chi connectivity index (χ1) is 28.9. The molecular weight excluding hydrogens is 895 g/mol. The number of carbonyl (C=O) groups excluding carboxylic acids is 3. The Labute approximate surface area is 414 Å². The maximum atomic E-state index is 10.2. The van der Waals surface area contributed by atoms with Crippen molar-refractivity contribution < 1.29 is 70.1 Å². The molecule has 0 aromatic carbocycles. The smallest absolute Gasteiger partial charge is 0.550 e. The third kappa shape index (κ3) is 77.4. The standard InChI is InChI=1S/3C18H36O2.Sm/c3*1-17(2)15-13-11-9-7-5-3-4-6-8-10-12-14-16-18(19)20;/h3*17H,3-16H2,1-2H3,(H,19,20);/q;;;+3/p-3. The third-order valence-corrected chi connectivity index (χ3v) is 11.7. The molecule has 0 saturated carbocycles. The first kappa shape index (κ1) is 67.3. The van der Waals surface area contributed by atoms with E-state index in [0.717, 1.165) is 56.3 Å². The van der Waals surface area contributed by atoms with Crippen molar-refractivity contribution in [1.82, 2.24) is 0 Å². The minimum Gasteiger partial charge on any atom is -0.550 e. The van der Waals surface area contributed by atoms with Gasteiger partial charge in [0.25, 0.3) is 0 Å². The van der Waals surface area contributed by atoms with Gasteiger partial charge in [0.1, 0.15) is 0 Å². The molecule has 0 unspecified atom stereocenters. The van der Waals surface area contributed by atoms with Crippen LogP contribution in [-0.2, 0) is 14.4 Å². The Morgan fingerprint density at radius 1 is 0.246 bits per heavy atom. The normalized spacial score (nSPS) is 11.0. The van der Waals surface area contributed by atoms with E-state index >= 15 is 0 Å². The van der Waals surface area contributed by atoms with Crippen LogP contribution in [0.1, 0.15) is 311 Å². The molecule has 0 amide bonds. The Hall–Kier alpha value is -0.252. The van der Waals surface area contributed by atoms with Crippen LogP contribution in [0.3, 0.4) is 0 Å².